The first-order valence-electron chi connectivity index (χ1n) is 9.84. The topological polar surface area (TPSA) is 81.9 Å². The van der Waals surface area contributed by atoms with Crippen molar-refractivity contribution in [1.29, 1.82) is 0 Å². The molecule has 2 aromatic rings. The number of amides is 2. The van der Waals surface area contributed by atoms with Crippen LogP contribution in [0.3, 0.4) is 0 Å². The quantitative estimate of drug-likeness (QED) is 0.813. The number of nitrogens with zero attached hydrogens (tertiary/aromatic N) is 1. The van der Waals surface area contributed by atoms with Gasteiger partial charge in [0.25, 0.3) is 5.91 Å². The zero-order valence-corrected chi connectivity index (χ0v) is 17.2. The molecule has 2 aromatic carbocycles. The summed E-state index contributed by atoms with van der Waals surface area (Å²) in [5.74, 6) is 0.977. The molecule has 0 aliphatic carbocycles. The van der Waals surface area contributed by atoms with Gasteiger partial charge in [-0.05, 0) is 68.1 Å². The molecule has 1 fully saturated rings. The molecule has 29 heavy (non-hydrogen) atoms. The third-order valence-electron chi connectivity index (χ3n) is 5.58. The number of nitrogens with two attached hydrogens (primary N) is 1. The van der Waals surface area contributed by atoms with Crippen molar-refractivity contribution in [1.82, 2.24) is 4.90 Å². The standard InChI is InChI=1S/C23H28N2O4/c1-15-4-6-20(12-16(15)2)29-14-19-13-18(5-7-21(19)28-3)23(27)25-10-8-17(9-11-25)22(24)26/h4-7,12-13,17H,8-11,14H2,1-3H3,(H2,24,26). The van der Waals surface area contributed by atoms with Gasteiger partial charge in [0.05, 0.1) is 7.11 Å². The molecule has 1 saturated heterocycles. The van der Waals surface area contributed by atoms with Crippen LogP contribution in [-0.2, 0) is 11.4 Å². The number of piperidine rings is 1. The normalized spacial score (nSPS) is 14.5. The Labute approximate surface area is 171 Å². The summed E-state index contributed by atoms with van der Waals surface area (Å²) in [5.41, 5.74) is 9.15. The van der Waals surface area contributed by atoms with Crippen LogP contribution in [0.2, 0.25) is 0 Å². The van der Waals surface area contributed by atoms with E-state index in [9.17, 15) is 9.59 Å². The van der Waals surface area contributed by atoms with Crippen LogP contribution in [-0.4, -0.2) is 36.9 Å². The van der Waals surface area contributed by atoms with Gasteiger partial charge in [-0.25, -0.2) is 0 Å². The maximum Gasteiger partial charge on any atom is 0.253 e. The van der Waals surface area contributed by atoms with Crippen molar-refractivity contribution in [2.24, 2.45) is 11.7 Å². The molecule has 154 valence electrons. The summed E-state index contributed by atoms with van der Waals surface area (Å²) >= 11 is 0. The Balaban J connectivity index is 1.71. The van der Waals surface area contributed by atoms with Crippen molar-refractivity contribution in [3.05, 3.63) is 58.7 Å². The number of hydrogen-bond donors (Lipinski definition) is 1. The van der Waals surface area contributed by atoms with Gasteiger partial charge in [-0.1, -0.05) is 6.07 Å². The van der Waals surface area contributed by atoms with Gasteiger partial charge in [0, 0.05) is 30.1 Å². The molecule has 1 aliphatic heterocycles. The second kappa shape index (κ2) is 8.99. The molecule has 6 nitrogen and oxygen atoms in total. The van der Waals surface area contributed by atoms with Gasteiger partial charge < -0.3 is 20.1 Å². The SMILES string of the molecule is COc1ccc(C(=O)N2CCC(C(N)=O)CC2)cc1COc1ccc(C)c(C)c1. The van der Waals surface area contributed by atoms with Gasteiger partial charge in [0.2, 0.25) is 5.91 Å². The summed E-state index contributed by atoms with van der Waals surface area (Å²) in [5, 5.41) is 0. The molecule has 2 N–H and O–H groups in total. The van der Waals surface area contributed by atoms with Crippen LogP contribution in [0.5, 0.6) is 11.5 Å². The summed E-state index contributed by atoms with van der Waals surface area (Å²) in [6, 6.07) is 11.3. The number of ether oxygens (including phenoxy) is 2. The highest BCUT2D eigenvalue weighted by molar-refractivity contribution is 5.94. The fourth-order valence-electron chi connectivity index (χ4n) is 3.54. The van der Waals surface area contributed by atoms with E-state index in [0.29, 0.717) is 43.9 Å². The molecule has 0 atom stereocenters. The third-order valence-corrected chi connectivity index (χ3v) is 5.58. The predicted octanol–water partition coefficient (Wildman–Crippen LogP) is 3.23. The first kappa shape index (κ1) is 20.7. The maximum atomic E-state index is 12.9. The van der Waals surface area contributed by atoms with Gasteiger partial charge >= 0.3 is 0 Å². The minimum absolute atomic E-state index is 0.0528. The Morgan fingerprint density at radius 3 is 2.41 bits per heavy atom. The third kappa shape index (κ3) is 4.88. The van der Waals surface area contributed by atoms with E-state index in [1.807, 2.05) is 31.2 Å². The summed E-state index contributed by atoms with van der Waals surface area (Å²) in [6.45, 7) is 5.48. The van der Waals surface area contributed by atoms with Gasteiger partial charge in [-0.15, -0.1) is 0 Å². The number of primary amides is 1. The van der Waals surface area contributed by atoms with E-state index in [-0.39, 0.29) is 17.7 Å². The van der Waals surface area contributed by atoms with E-state index in [2.05, 4.69) is 6.92 Å². The van der Waals surface area contributed by atoms with Gasteiger partial charge in [0.1, 0.15) is 18.1 Å². The van der Waals surface area contributed by atoms with Crippen molar-refractivity contribution in [2.45, 2.75) is 33.3 Å². The zero-order valence-electron chi connectivity index (χ0n) is 17.2. The molecular formula is C23H28N2O4. The van der Waals surface area contributed by atoms with E-state index in [0.717, 1.165) is 16.9 Å². The van der Waals surface area contributed by atoms with Crippen LogP contribution in [0.1, 0.15) is 39.9 Å². The van der Waals surface area contributed by atoms with E-state index < -0.39 is 0 Å². The van der Waals surface area contributed by atoms with E-state index in [1.54, 1.807) is 24.1 Å². The summed E-state index contributed by atoms with van der Waals surface area (Å²) < 4.78 is 11.4. The van der Waals surface area contributed by atoms with Crippen molar-refractivity contribution >= 4 is 11.8 Å². The molecule has 0 unspecified atom stereocenters. The second-order valence-corrected chi connectivity index (χ2v) is 7.53. The fourth-order valence-corrected chi connectivity index (χ4v) is 3.54. The summed E-state index contributed by atoms with van der Waals surface area (Å²) in [7, 11) is 1.60. The second-order valence-electron chi connectivity index (χ2n) is 7.53. The Morgan fingerprint density at radius 1 is 1.07 bits per heavy atom. The highest BCUT2D eigenvalue weighted by Crippen LogP contribution is 2.25. The van der Waals surface area contributed by atoms with Crippen molar-refractivity contribution < 1.29 is 19.1 Å². The number of carbonyl (C=O) groups excluding carboxylic acids is 2. The highest BCUT2D eigenvalue weighted by Gasteiger charge is 2.26. The Kier molecular flexibility index (Phi) is 6.42. The average Bonchev–Trinajstić information content (AvgIpc) is 2.74. The molecule has 0 radical (unpaired) electrons. The number of benzene rings is 2. The molecule has 1 heterocycles. The van der Waals surface area contributed by atoms with Crippen LogP contribution in [0.25, 0.3) is 0 Å². The number of likely N-dealkylation sites (tertiary alicyclic amines) is 1. The van der Waals surface area contributed by atoms with E-state index in [4.69, 9.17) is 15.2 Å². The lowest BCUT2D eigenvalue weighted by molar-refractivity contribution is -0.123. The largest absolute Gasteiger partial charge is 0.496 e. The maximum absolute atomic E-state index is 12.9. The van der Waals surface area contributed by atoms with Crippen molar-refractivity contribution in [2.75, 3.05) is 20.2 Å². The average molecular weight is 396 g/mol. The smallest absolute Gasteiger partial charge is 0.253 e. The number of carbonyl (C=O) groups is 2. The number of hydrogen-bond acceptors (Lipinski definition) is 4. The molecule has 0 spiro atoms. The number of methoxy groups -OCH3 is 1. The first-order chi connectivity index (χ1) is 13.9. The number of rotatable bonds is 6. The Morgan fingerprint density at radius 2 is 1.79 bits per heavy atom. The van der Waals surface area contributed by atoms with Crippen LogP contribution in [0.15, 0.2) is 36.4 Å². The van der Waals surface area contributed by atoms with E-state index >= 15 is 0 Å². The molecule has 2 amide bonds. The summed E-state index contributed by atoms with van der Waals surface area (Å²) in [6.07, 6.45) is 1.22. The Hall–Kier alpha value is -3.02. The minimum Gasteiger partial charge on any atom is -0.496 e. The van der Waals surface area contributed by atoms with Crippen LogP contribution in [0, 0.1) is 19.8 Å². The lowest BCUT2D eigenvalue weighted by Crippen LogP contribution is -2.41. The lowest BCUT2D eigenvalue weighted by Gasteiger charge is -2.30. The van der Waals surface area contributed by atoms with E-state index in [1.165, 1.54) is 5.56 Å². The molecule has 0 saturated carbocycles. The first-order valence-corrected chi connectivity index (χ1v) is 9.84. The monoisotopic (exact) mass is 396 g/mol. The fraction of sp³-hybridized carbons (Fsp3) is 0.391. The van der Waals surface area contributed by atoms with Gasteiger partial charge in [-0.3, -0.25) is 9.59 Å². The van der Waals surface area contributed by atoms with Crippen LogP contribution in [0.4, 0.5) is 0 Å². The van der Waals surface area contributed by atoms with Crippen LogP contribution < -0.4 is 15.2 Å². The molecule has 6 heteroatoms. The van der Waals surface area contributed by atoms with Crippen molar-refractivity contribution in [3.63, 3.8) is 0 Å². The van der Waals surface area contributed by atoms with Crippen LogP contribution >= 0.6 is 0 Å². The van der Waals surface area contributed by atoms with Crippen molar-refractivity contribution in [3.8, 4) is 11.5 Å². The van der Waals surface area contributed by atoms with Gasteiger partial charge in [0.15, 0.2) is 0 Å². The Bertz CT molecular complexity index is 902. The summed E-state index contributed by atoms with van der Waals surface area (Å²) in [4.78, 5) is 26.0. The van der Waals surface area contributed by atoms with Gasteiger partial charge in [-0.2, -0.15) is 0 Å². The molecule has 3 rings (SSSR count). The minimum atomic E-state index is -0.285. The number of aryl methyl sites for hydroxylation is 2. The lowest BCUT2D eigenvalue weighted by atomic mass is 9.95. The highest BCUT2D eigenvalue weighted by atomic mass is 16.5. The predicted molar refractivity (Wildman–Crippen MR) is 111 cm³/mol. The molecular weight excluding hydrogens is 368 g/mol. The molecule has 1 aliphatic rings. The molecule has 0 bridgehead atoms. The molecule has 0 aromatic heterocycles. The zero-order chi connectivity index (χ0) is 21.0.